The molecule has 0 aliphatic carbocycles. The molecule has 3 aromatic rings. The van der Waals surface area contributed by atoms with Crippen molar-refractivity contribution in [1.29, 1.82) is 0 Å². The minimum absolute atomic E-state index is 0.0196. The van der Waals surface area contributed by atoms with Crippen molar-refractivity contribution in [3.63, 3.8) is 0 Å². The van der Waals surface area contributed by atoms with E-state index in [1.54, 1.807) is 24.3 Å². The third-order valence-corrected chi connectivity index (χ3v) is 6.16. The Labute approximate surface area is 196 Å². The molecule has 168 valence electrons. The van der Waals surface area contributed by atoms with Crippen LogP contribution in [0.4, 0.5) is 10.1 Å². The Bertz CT molecular complexity index is 1370. The standard InChI is InChI=1S/C27H23ClFNO3/c1-14-13-27(2,3)30-19-8-7-17-24(23(14)19)22(11-15-5-6-16(28)12-18(15)29)33-21-10-9-20(31)26(32-4)25(17)21/h5-13,30-31H,1-4H3. The number of nitrogens with one attached hydrogen (secondary N) is 1. The normalized spacial score (nSPS) is 16.7. The molecule has 0 saturated heterocycles. The van der Waals surface area contributed by atoms with Gasteiger partial charge in [0, 0.05) is 33.0 Å². The molecule has 0 aromatic heterocycles. The summed E-state index contributed by atoms with van der Waals surface area (Å²) >= 11 is 5.95. The number of anilines is 1. The molecule has 5 rings (SSSR count). The summed E-state index contributed by atoms with van der Waals surface area (Å²) in [5.41, 5.74) is 5.41. The van der Waals surface area contributed by atoms with Crippen LogP contribution in [0.1, 0.15) is 37.5 Å². The smallest absolute Gasteiger partial charge is 0.172 e. The van der Waals surface area contributed by atoms with Gasteiger partial charge in [-0.15, -0.1) is 0 Å². The molecule has 0 radical (unpaired) electrons. The van der Waals surface area contributed by atoms with Crippen molar-refractivity contribution >= 4 is 34.7 Å². The maximum atomic E-state index is 14.7. The van der Waals surface area contributed by atoms with Crippen molar-refractivity contribution in [2.45, 2.75) is 26.3 Å². The number of phenols is 1. The Morgan fingerprint density at radius 1 is 1.09 bits per heavy atom. The van der Waals surface area contributed by atoms with Gasteiger partial charge < -0.3 is 19.9 Å². The van der Waals surface area contributed by atoms with Crippen LogP contribution in [0.2, 0.25) is 5.02 Å². The van der Waals surface area contributed by atoms with Crippen LogP contribution >= 0.6 is 11.6 Å². The Kier molecular flexibility index (Phi) is 4.91. The molecule has 33 heavy (non-hydrogen) atoms. The molecule has 4 nitrogen and oxygen atoms in total. The predicted molar refractivity (Wildman–Crippen MR) is 131 cm³/mol. The molecule has 2 heterocycles. The van der Waals surface area contributed by atoms with E-state index in [2.05, 4.69) is 32.2 Å². The van der Waals surface area contributed by atoms with Gasteiger partial charge in [0.1, 0.15) is 17.3 Å². The Balaban J connectivity index is 1.84. The zero-order valence-corrected chi connectivity index (χ0v) is 19.5. The summed E-state index contributed by atoms with van der Waals surface area (Å²) in [7, 11) is 1.51. The Hall–Kier alpha value is -3.44. The highest BCUT2D eigenvalue weighted by molar-refractivity contribution is 6.30. The Morgan fingerprint density at radius 2 is 1.88 bits per heavy atom. The molecule has 0 bridgehead atoms. The average Bonchev–Trinajstić information content (AvgIpc) is 2.74. The first-order chi connectivity index (χ1) is 15.7. The second-order valence-electron chi connectivity index (χ2n) is 8.85. The summed E-state index contributed by atoms with van der Waals surface area (Å²) in [6.45, 7) is 6.26. The van der Waals surface area contributed by atoms with E-state index in [1.165, 1.54) is 19.2 Å². The minimum atomic E-state index is -0.439. The lowest BCUT2D eigenvalue weighted by Crippen LogP contribution is -2.32. The van der Waals surface area contributed by atoms with E-state index >= 15 is 0 Å². The molecule has 0 unspecified atom stereocenters. The van der Waals surface area contributed by atoms with E-state index in [0.717, 1.165) is 28.0 Å². The van der Waals surface area contributed by atoms with E-state index in [0.29, 0.717) is 33.4 Å². The van der Waals surface area contributed by atoms with Crippen LogP contribution in [-0.4, -0.2) is 17.8 Å². The lowest BCUT2D eigenvalue weighted by molar-refractivity contribution is 0.371. The lowest BCUT2D eigenvalue weighted by Gasteiger charge is -2.35. The highest BCUT2D eigenvalue weighted by Gasteiger charge is 2.33. The topological polar surface area (TPSA) is 50.7 Å². The zero-order chi connectivity index (χ0) is 23.5. The number of halogens is 2. The maximum Gasteiger partial charge on any atom is 0.172 e. The van der Waals surface area contributed by atoms with E-state index in [1.807, 2.05) is 12.1 Å². The van der Waals surface area contributed by atoms with E-state index in [4.69, 9.17) is 21.1 Å². The van der Waals surface area contributed by atoms with Gasteiger partial charge in [0.15, 0.2) is 11.5 Å². The molecule has 0 saturated carbocycles. The highest BCUT2D eigenvalue weighted by atomic mass is 35.5. The van der Waals surface area contributed by atoms with E-state index < -0.39 is 5.82 Å². The summed E-state index contributed by atoms with van der Waals surface area (Å²) in [6, 6.07) is 11.8. The third-order valence-electron chi connectivity index (χ3n) is 5.92. The molecule has 0 fully saturated rings. The van der Waals surface area contributed by atoms with Crippen molar-refractivity contribution in [2.24, 2.45) is 0 Å². The molecule has 3 aromatic carbocycles. The molecular weight excluding hydrogens is 441 g/mol. The fourth-order valence-corrected chi connectivity index (χ4v) is 4.87. The van der Waals surface area contributed by atoms with Crippen molar-refractivity contribution < 1.29 is 19.0 Å². The SMILES string of the molecule is COc1c(O)ccc2c1-c1ccc3c(c1C(=Cc1ccc(Cl)cc1F)O2)C(C)=CC(C)(C)N3. The molecule has 0 atom stereocenters. The first-order valence-corrected chi connectivity index (χ1v) is 11.0. The van der Waals surface area contributed by atoms with Crippen molar-refractivity contribution in [3.05, 3.63) is 76.1 Å². The number of methoxy groups -OCH3 is 1. The predicted octanol–water partition coefficient (Wildman–Crippen LogP) is 7.36. The van der Waals surface area contributed by atoms with Crippen LogP contribution in [0.25, 0.3) is 28.5 Å². The van der Waals surface area contributed by atoms with Crippen molar-refractivity contribution in [1.82, 2.24) is 0 Å². The van der Waals surface area contributed by atoms with Crippen LogP contribution in [0.3, 0.4) is 0 Å². The van der Waals surface area contributed by atoms with Crippen LogP contribution in [0, 0.1) is 5.82 Å². The second-order valence-corrected chi connectivity index (χ2v) is 9.29. The maximum absolute atomic E-state index is 14.7. The molecule has 2 aliphatic rings. The fourth-order valence-electron chi connectivity index (χ4n) is 4.71. The Morgan fingerprint density at radius 3 is 2.61 bits per heavy atom. The molecular formula is C27H23ClFNO3. The summed E-state index contributed by atoms with van der Waals surface area (Å²) in [5, 5.41) is 14.3. The van der Waals surface area contributed by atoms with Gasteiger partial charge >= 0.3 is 0 Å². The van der Waals surface area contributed by atoms with Gasteiger partial charge in [-0.2, -0.15) is 0 Å². The number of rotatable bonds is 2. The summed E-state index contributed by atoms with van der Waals surface area (Å²) < 4.78 is 26.6. The fraction of sp³-hybridized carbons (Fsp3) is 0.185. The first kappa shape index (κ1) is 21.4. The number of benzene rings is 3. The van der Waals surface area contributed by atoms with Crippen molar-refractivity contribution in [2.75, 3.05) is 12.4 Å². The number of phenolic OH excluding ortho intramolecular Hbond substituents is 1. The van der Waals surface area contributed by atoms with Crippen LogP contribution in [-0.2, 0) is 0 Å². The summed E-state index contributed by atoms with van der Waals surface area (Å²) in [4.78, 5) is 0. The van der Waals surface area contributed by atoms with Gasteiger partial charge in [0.2, 0.25) is 0 Å². The summed E-state index contributed by atoms with van der Waals surface area (Å²) in [6.07, 6.45) is 3.84. The van der Waals surface area contributed by atoms with E-state index in [-0.39, 0.29) is 11.3 Å². The quantitative estimate of drug-likeness (QED) is 0.417. The monoisotopic (exact) mass is 463 g/mol. The van der Waals surface area contributed by atoms with Gasteiger partial charge in [-0.1, -0.05) is 29.8 Å². The third kappa shape index (κ3) is 3.53. The van der Waals surface area contributed by atoms with Crippen LogP contribution in [0.15, 0.2) is 48.5 Å². The van der Waals surface area contributed by atoms with Gasteiger partial charge in [0.25, 0.3) is 0 Å². The lowest BCUT2D eigenvalue weighted by atomic mass is 9.82. The average molecular weight is 464 g/mol. The number of allylic oxidation sites excluding steroid dienone is 1. The first-order valence-electron chi connectivity index (χ1n) is 10.6. The number of ether oxygens (including phenoxy) is 2. The van der Waals surface area contributed by atoms with Crippen molar-refractivity contribution in [3.8, 4) is 28.4 Å². The van der Waals surface area contributed by atoms with Gasteiger partial charge in [-0.05, 0) is 62.8 Å². The number of aromatic hydroxyl groups is 1. The zero-order valence-electron chi connectivity index (χ0n) is 18.7. The summed E-state index contributed by atoms with van der Waals surface area (Å²) in [5.74, 6) is 0.925. The van der Waals surface area contributed by atoms with E-state index in [9.17, 15) is 9.50 Å². The number of hydrogen-bond donors (Lipinski definition) is 2. The molecule has 2 N–H and O–H groups in total. The van der Waals surface area contributed by atoms with Crippen LogP contribution < -0.4 is 14.8 Å². The molecule has 0 amide bonds. The molecule has 6 heteroatoms. The van der Waals surface area contributed by atoms with Gasteiger partial charge in [0.05, 0.1) is 18.2 Å². The van der Waals surface area contributed by atoms with Crippen LogP contribution in [0.5, 0.6) is 17.2 Å². The number of hydrogen-bond acceptors (Lipinski definition) is 4. The second kappa shape index (κ2) is 7.56. The molecule has 2 aliphatic heterocycles. The minimum Gasteiger partial charge on any atom is -0.504 e. The number of fused-ring (bicyclic) bond motifs is 5. The highest BCUT2D eigenvalue weighted by Crippen LogP contribution is 2.54. The molecule has 0 spiro atoms. The van der Waals surface area contributed by atoms with Gasteiger partial charge in [-0.3, -0.25) is 0 Å². The van der Waals surface area contributed by atoms with Gasteiger partial charge in [-0.25, -0.2) is 4.39 Å². The largest absolute Gasteiger partial charge is 0.504 e.